The number of benzene rings is 2. The van der Waals surface area contributed by atoms with Gasteiger partial charge in [0.1, 0.15) is 11.9 Å². The average Bonchev–Trinajstić information content (AvgIpc) is 2.60. The van der Waals surface area contributed by atoms with Gasteiger partial charge in [-0.3, -0.25) is 0 Å². The molecule has 2 aromatic rings. The van der Waals surface area contributed by atoms with Crippen LogP contribution in [0.15, 0.2) is 42.5 Å². The van der Waals surface area contributed by atoms with Crippen LogP contribution in [-0.2, 0) is 4.74 Å². The molecule has 0 bridgehead atoms. The smallest absolute Gasteiger partial charge is 0.337 e. The average molecular weight is 349 g/mol. The number of carbonyl (C=O) groups excluding carboxylic acids is 1. The maximum atomic E-state index is 11.9. The Hall–Kier alpha value is -2.04. The number of ether oxygens (including phenoxy) is 2. The molecule has 0 amide bonds. The van der Waals surface area contributed by atoms with Gasteiger partial charge < -0.3 is 14.6 Å². The van der Waals surface area contributed by atoms with Crippen LogP contribution in [0.25, 0.3) is 0 Å². The van der Waals surface area contributed by atoms with Crippen molar-refractivity contribution in [2.45, 2.75) is 25.9 Å². The number of aliphatic hydroxyl groups excluding tert-OH is 1. The van der Waals surface area contributed by atoms with Crippen LogP contribution in [0, 0.1) is 0 Å². The largest absolute Gasteiger partial charge is 0.494 e. The van der Waals surface area contributed by atoms with Crippen molar-refractivity contribution < 1.29 is 19.4 Å². The number of aliphatic hydroxyl groups is 1. The number of methoxy groups -OCH3 is 1. The molecule has 2 aromatic carbocycles. The summed E-state index contributed by atoms with van der Waals surface area (Å²) in [6.07, 6.45) is 1.00. The van der Waals surface area contributed by atoms with Gasteiger partial charge in [-0.15, -0.1) is 0 Å². The molecule has 0 saturated heterocycles. The first-order valence-corrected chi connectivity index (χ1v) is 8.22. The fourth-order valence-corrected chi connectivity index (χ4v) is 2.50. The molecular formula is C19H21ClO4. The lowest BCUT2D eigenvalue weighted by Gasteiger charge is -2.15. The summed E-state index contributed by atoms with van der Waals surface area (Å²) in [6.45, 7) is 2.62. The number of esters is 1. The Kier molecular flexibility index (Phi) is 6.64. The molecule has 4 nitrogen and oxygen atoms in total. The highest BCUT2D eigenvalue weighted by Gasteiger charge is 2.16. The first-order valence-electron chi connectivity index (χ1n) is 7.84. The molecule has 0 aliphatic carbocycles. The van der Waals surface area contributed by atoms with E-state index in [1.54, 1.807) is 42.5 Å². The Morgan fingerprint density at radius 1 is 1.21 bits per heavy atom. The van der Waals surface area contributed by atoms with Gasteiger partial charge in [-0.1, -0.05) is 37.1 Å². The Bertz CT molecular complexity index is 700. The second-order valence-electron chi connectivity index (χ2n) is 5.44. The van der Waals surface area contributed by atoms with Gasteiger partial charge in [0.25, 0.3) is 0 Å². The summed E-state index contributed by atoms with van der Waals surface area (Å²) in [6, 6.07) is 11.9. The van der Waals surface area contributed by atoms with Gasteiger partial charge in [-0.05, 0) is 47.9 Å². The van der Waals surface area contributed by atoms with Gasteiger partial charge in [0.15, 0.2) is 0 Å². The summed E-state index contributed by atoms with van der Waals surface area (Å²) in [5.41, 5.74) is 1.53. The van der Waals surface area contributed by atoms with Gasteiger partial charge in [0, 0.05) is 5.02 Å². The third kappa shape index (κ3) is 4.73. The van der Waals surface area contributed by atoms with E-state index in [9.17, 15) is 9.90 Å². The van der Waals surface area contributed by atoms with E-state index in [0.29, 0.717) is 34.1 Å². The first kappa shape index (κ1) is 18.3. The number of hydrogen-bond acceptors (Lipinski definition) is 4. The zero-order valence-corrected chi connectivity index (χ0v) is 14.5. The van der Waals surface area contributed by atoms with E-state index >= 15 is 0 Å². The van der Waals surface area contributed by atoms with E-state index in [1.807, 2.05) is 0 Å². The lowest BCUT2D eigenvalue weighted by molar-refractivity contribution is 0.0600. The molecular weight excluding hydrogens is 328 g/mol. The van der Waals surface area contributed by atoms with Crippen LogP contribution in [0.2, 0.25) is 5.02 Å². The maximum Gasteiger partial charge on any atom is 0.337 e. The molecule has 0 fully saturated rings. The number of rotatable bonds is 7. The summed E-state index contributed by atoms with van der Waals surface area (Å²) < 4.78 is 10.5. The second-order valence-corrected chi connectivity index (χ2v) is 5.88. The van der Waals surface area contributed by atoms with Crippen molar-refractivity contribution in [2.24, 2.45) is 0 Å². The molecule has 2 rings (SSSR count). The summed E-state index contributed by atoms with van der Waals surface area (Å²) >= 11 is 5.99. The van der Waals surface area contributed by atoms with Gasteiger partial charge in [0.2, 0.25) is 0 Å². The zero-order chi connectivity index (χ0) is 17.5. The molecule has 1 unspecified atom stereocenters. The highest BCUT2D eigenvalue weighted by Crippen LogP contribution is 2.28. The third-order valence-corrected chi connectivity index (χ3v) is 3.83. The topological polar surface area (TPSA) is 55.8 Å². The Morgan fingerprint density at radius 3 is 2.67 bits per heavy atom. The van der Waals surface area contributed by atoms with E-state index in [4.69, 9.17) is 21.1 Å². The highest BCUT2D eigenvalue weighted by atomic mass is 35.5. The molecule has 0 radical (unpaired) electrons. The summed E-state index contributed by atoms with van der Waals surface area (Å²) in [5, 5.41) is 11.2. The standard InChI is InChI=1S/C19H21ClO4/c1-3-4-8-24-17-11-14(9-15(12-17)19(22)23-2)18(21)13-6-5-7-16(20)10-13/h5-7,9-12,18,21H,3-4,8H2,1-2H3. The van der Waals surface area contributed by atoms with Gasteiger partial charge in [0.05, 0.1) is 19.3 Å². The molecule has 0 saturated carbocycles. The summed E-state index contributed by atoms with van der Waals surface area (Å²) in [4.78, 5) is 11.9. The van der Waals surface area contributed by atoms with E-state index < -0.39 is 12.1 Å². The van der Waals surface area contributed by atoms with Crippen LogP contribution in [0.5, 0.6) is 5.75 Å². The molecule has 1 atom stereocenters. The highest BCUT2D eigenvalue weighted by molar-refractivity contribution is 6.30. The molecule has 0 aromatic heterocycles. The fraction of sp³-hybridized carbons (Fsp3) is 0.316. The maximum absolute atomic E-state index is 11.9. The lowest BCUT2D eigenvalue weighted by atomic mass is 9.99. The lowest BCUT2D eigenvalue weighted by Crippen LogP contribution is -2.07. The second kappa shape index (κ2) is 8.71. The quantitative estimate of drug-likeness (QED) is 0.595. The van der Waals surface area contributed by atoms with E-state index in [0.717, 1.165) is 12.8 Å². The van der Waals surface area contributed by atoms with Gasteiger partial charge >= 0.3 is 5.97 Å². The van der Waals surface area contributed by atoms with E-state index in [-0.39, 0.29) is 0 Å². The Balaban J connectivity index is 2.36. The van der Waals surface area contributed by atoms with E-state index in [2.05, 4.69) is 6.92 Å². The number of unbranched alkanes of at least 4 members (excludes halogenated alkanes) is 1. The number of halogens is 1. The van der Waals surface area contributed by atoms with Gasteiger partial charge in [-0.2, -0.15) is 0 Å². The van der Waals surface area contributed by atoms with Crippen LogP contribution in [-0.4, -0.2) is 24.8 Å². The zero-order valence-electron chi connectivity index (χ0n) is 13.8. The number of carbonyl (C=O) groups is 1. The molecule has 128 valence electrons. The van der Waals surface area contributed by atoms with Crippen LogP contribution in [0.4, 0.5) is 0 Å². The van der Waals surface area contributed by atoms with Crippen molar-refractivity contribution in [3.63, 3.8) is 0 Å². The van der Waals surface area contributed by atoms with E-state index in [1.165, 1.54) is 7.11 Å². The molecule has 24 heavy (non-hydrogen) atoms. The molecule has 0 spiro atoms. The van der Waals surface area contributed by atoms with Crippen LogP contribution in [0.1, 0.15) is 47.4 Å². The van der Waals surface area contributed by atoms with Crippen molar-refractivity contribution in [3.05, 3.63) is 64.2 Å². The van der Waals surface area contributed by atoms with Crippen molar-refractivity contribution in [1.29, 1.82) is 0 Å². The minimum Gasteiger partial charge on any atom is -0.494 e. The minimum atomic E-state index is -0.915. The number of hydrogen-bond donors (Lipinski definition) is 1. The van der Waals surface area contributed by atoms with Crippen LogP contribution >= 0.6 is 11.6 Å². The minimum absolute atomic E-state index is 0.336. The SMILES string of the molecule is CCCCOc1cc(C(=O)OC)cc(C(O)c2cccc(Cl)c2)c1. The predicted molar refractivity (Wildman–Crippen MR) is 93.7 cm³/mol. The molecule has 0 aliphatic rings. The Morgan fingerprint density at radius 2 is 2.00 bits per heavy atom. The van der Waals surface area contributed by atoms with Crippen molar-refractivity contribution in [2.75, 3.05) is 13.7 Å². The Labute approximate surface area is 147 Å². The summed E-state index contributed by atoms with van der Waals surface area (Å²) in [7, 11) is 1.32. The van der Waals surface area contributed by atoms with Crippen LogP contribution < -0.4 is 4.74 Å². The molecule has 0 heterocycles. The van der Waals surface area contributed by atoms with Crippen molar-refractivity contribution in [3.8, 4) is 5.75 Å². The van der Waals surface area contributed by atoms with Crippen molar-refractivity contribution >= 4 is 17.6 Å². The third-order valence-electron chi connectivity index (χ3n) is 3.60. The molecule has 1 N–H and O–H groups in total. The first-order chi connectivity index (χ1) is 11.5. The molecule has 5 heteroatoms. The molecule has 0 aliphatic heterocycles. The fourth-order valence-electron chi connectivity index (χ4n) is 2.30. The predicted octanol–water partition coefficient (Wildman–Crippen LogP) is 4.39. The van der Waals surface area contributed by atoms with Gasteiger partial charge in [-0.25, -0.2) is 4.79 Å². The summed E-state index contributed by atoms with van der Waals surface area (Å²) in [5.74, 6) is 0.0536. The monoisotopic (exact) mass is 348 g/mol. The van der Waals surface area contributed by atoms with Crippen molar-refractivity contribution in [1.82, 2.24) is 0 Å². The van der Waals surface area contributed by atoms with Crippen LogP contribution in [0.3, 0.4) is 0 Å². The normalized spacial score (nSPS) is 11.8.